The van der Waals surface area contributed by atoms with Gasteiger partial charge in [-0.1, -0.05) is 19.6 Å². The van der Waals surface area contributed by atoms with E-state index in [1.165, 1.54) is 0 Å². The maximum absolute atomic E-state index is 13.7. The van der Waals surface area contributed by atoms with Crippen molar-refractivity contribution in [2.24, 2.45) is 0 Å². The van der Waals surface area contributed by atoms with Gasteiger partial charge < -0.3 is 5.11 Å². The Hall–Kier alpha value is -1.23. The third-order valence-corrected chi connectivity index (χ3v) is 4.06. The lowest BCUT2D eigenvalue weighted by molar-refractivity contribution is 0.0691. The second-order valence-electron chi connectivity index (χ2n) is 4.37. The van der Waals surface area contributed by atoms with E-state index in [0.29, 0.717) is 6.07 Å². The maximum atomic E-state index is 13.7. The molecule has 0 unspecified atom stereocenters. The number of carbonyl (C=O) groups is 1. The monoisotopic (exact) mass is 230 g/mol. The Labute approximate surface area is 87.6 Å². The van der Waals surface area contributed by atoms with Crippen molar-refractivity contribution < 1.29 is 18.7 Å². The lowest BCUT2D eigenvalue weighted by Crippen LogP contribution is -2.41. The van der Waals surface area contributed by atoms with Crippen LogP contribution in [0.15, 0.2) is 12.1 Å². The van der Waals surface area contributed by atoms with Crippen LogP contribution in [0.3, 0.4) is 0 Å². The van der Waals surface area contributed by atoms with Crippen LogP contribution in [-0.2, 0) is 0 Å². The number of hydrogen-bond acceptors (Lipinski definition) is 1. The van der Waals surface area contributed by atoms with Gasteiger partial charge in [-0.05, 0) is 17.3 Å². The molecule has 0 heterocycles. The van der Waals surface area contributed by atoms with E-state index < -0.39 is 31.2 Å². The highest BCUT2D eigenvalue weighted by molar-refractivity contribution is 6.88. The number of aromatic carboxylic acids is 1. The van der Waals surface area contributed by atoms with E-state index in [2.05, 4.69) is 0 Å². The highest BCUT2D eigenvalue weighted by atomic mass is 28.3. The summed E-state index contributed by atoms with van der Waals surface area (Å²) >= 11 is 0. The van der Waals surface area contributed by atoms with Crippen LogP contribution in [0.5, 0.6) is 0 Å². The standard InChI is InChI=1S/C10H12F2O2Si/c1-15(2,3)8-5-6(11)4-7(9(8)12)10(13)14/h4-5H,1-3H3,(H,13,14). The fraction of sp³-hybridized carbons (Fsp3) is 0.300. The Morgan fingerprint density at radius 3 is 2.20 bits per heavy atom. The maximum Gasteiger partial charge on any atom is 0.338 e. The number of halogens is 2. The minimum atomic E-state index is -2.06. The minimum absolute atomic E-state index is 0.208. The van der Waals surface area contributed by atoms with Crippen LogP contribution in [-0.4, -0.2) is 19.1 Å². The summed E-state index contributed by atoms with van der Waals surface area (Å²) in [7, 11) is -2.06. The molecule has 82 valence electrons. The summed E-state index contributed by atoms with van der Waals surface area (Å²) in [4.78, 5) is 10.7. The summed E-state index contributed by atoms with van der Waals surface area (Å²) in [6.07, 6.45) is 0. The molecule has 2 nitrogen and oxygen atoms in total. The molecule has 1 rings (SSSR count). The molecule has 0 spiro atoms. The Morgan fingerprint density at radius 2 is 1.80 bits per heavy atom. The van der Waals surface area contributed by atoms with Gasteiger partial charge in [-0.15, -0.1) is 0 Å². The Morgan fingerprint density at radius 1 is 1.27 bits per heavy atom. The first kappa shape index (κ1) is 11.8. The first-order chi connectivity index (χ1) is 6.73. The summed E-state index contributed by atoms with van der Waals surface area (Å²) in [5, 5.41) is 8.90. The molecule has 0 aliphatic heterocycles. The Bertz CT molecular complexity index is 411. The quantitative estimate of drug-likeness (QED) is 0.791. The van der Waals surface area contributed by atoms with Crippen LogP contribution in [0.1, 0.15) is 10.4 Å². The van der Waals surface area contributed by atoms with Gasteiger partial charge in [-0.25, -0.2) is 13.6 Å². The van der Waals surface area contributed by atoms with Crippen LogP contribution >= 0.6 is 0 Å². The third-order valence-electron chi connectivity index (χ3n) is 2.08. The first-order valence-corrected chi connectivity index (χ1v) is 7.96. The largest absolute Gasteiger partial charge is 0.478 e. The van der Waals surface area contributed by atoms with Crippen LogP contribution in [0.25, 0.3) is 0 Å². The molecule has 0 fully saturated rings. The van der Waals surface area contributed by atoms with Crippen molar-refractivity contribution in [2.45, 2.75) is 19.6 Å². The van der Waals surface area contributed by atoms with Crippen molar-refractivity contribution in [1.82, 2.24) is 0 Å². The molecule has 1 aromatic carbocycles. The molecule has 15 heavy (non-hydrogen) atoms. The second-order valence-corrected chi connectivity index (χ2v) is 9.41. The van der Waals surface area contributed by atoms with E-state index in [1.54, 1.807) is 0 Å². The normalized spacial score (nSPS) is 11.5. The first-order valence-electron chi connectivity index (χ1n) is 4.46. The zero-order chi connectivity index (χ0) is 11.8. The predicted molar refractivity (Wildman–Crippen MR) is 56.3 cm³/mol. The van der Waals surface area contributed by atoms with Crippen molar-refractivity contribution in [2.75, 3.05) is 0 Å². The number of hydrogen-bond donors (Lipinski definition) is 1. The average Bonchev–Trinajstić information content (AvgIpc) is 2.06. The molecule has 1 N–H and O–H groups in total. The highest BCUT2D eigenvalue weighted by Gasteiger charge is 2.25. The van der Waals surface area contributed by atoms with Crippen molar-refractivity contribution in [3.8, 4) is 0 Å². The second kappa shape index (κ2) is 3.73. The van der Waals surface area contributed by atoms with Crippen LogP contribution in [0.2, 0.25) is 19.6 Å². The van der Waals surface area contributed by atoms with Gasteiger partial charge in [0.25, 0.3) is 0 Å². The van der Waals surface area contributed by atoms with E-state index in [1.807, 2.05) is 19.6 Å². The van der Waals surface area contributed by atoms with E-state index in [-0.39, 0.29) is 5.19 Å². The highest BCUT2D eigenvalue weighted by Crippen LogP contribution is 2.13. The smallest absolute Gasteiger partial charge is 0.338 e. The molecule has 0 aliphatic carbocycles. The van der Waals surface area contributed by atoms with Gasteiger partial charge in [-0.2, -0.15) is 0 Å². The molecule has 0 atom stereocenters. The molecular formula is C10H12F2O2Si. The number of rotatable bonds is 2. The van der Waals surface area contributed by atoms with E-state index >= 15 is 0 Å². The molecule has 0 saturated heterocycles. The summed E-state index contributed by atoms with van der Waals surface area (Å²) < 4.78 is 26.8. The molecule has 1 aromatic rings. The number of benzene rings is 1. The molecule has 0 bridgehead atoms. The van der Waals surface area contributed by atoms with Gasteiger partial charge in [0.1, 0.15) is 11.6 Å². The molecule has 5 heteroatoms. The van der Waals surface area contributed by atoms with Crippen molar-refractivity contribution in [3.63, 3.8) is 0 Å². The number of carboxylic acid groups (broad SMARTS) is 1. The van der Waals surface area contributed by atoms with Crippen molar-refractivity contribution in [3.05, 3.63) is 29.3 Å². The lowest BCUT2D eigenvalue weighted by atomic mass is 10.2. The Kier molecular flexibility index (Phi) is 2.94. The molecule has 0 amide bonds. The van der Waals surface area contributed by atoms with Crippen LogP contribution in [0, 0.1) is 11.6 Å². The van der Waals surface area contributed by atoms with Gasteiger partial charge in [0.05, 0.1) is 13.6 Å². The van der Waals surface area contributed by atoms with Crippen LogP contribution < -0.4 is 5.19 Å². The topological polar surface area (TPSA) is 37.3 Å². The average molecular weight is 230 g/mol. The fourth-order valence-corrected chi connectivity index (χ4v) is 2.65. The predicted octanol–water partition coefficient (Wildman–Crippen LogP) is 2.21. The van der Waals surface area contributed by atoms with Gasteiger partial charge in [0.2, 0.25) is 0 Å². The molecular weight excluding hydrogens is 218 g/mol. The zero-order valence-electron chi connectivity index (χ0n) is 8.77. The molecule has 0 aromatic heterocycles. The summed E-state index contributed by atoms with van der Waals surface area (Å²) in [6, 6.07) is 1.80. The van der Waals surface area contributed by atoms with Gasteiger partial charge >= 0.3 is 5.97 Å². The summed E-state index contributed by atoms with van der Waals surface area (Å²) in [5.41, 5.74) is -0.590. The van der Waals surface area contributed by atoms with Gasteiger partial charge in [-0.3, -0.25) is 0 Å². The number of carboxylic acids is 1. The van der Waals surface area contributed by atoms with Crippen molar-refractivity contribution in [1.29, 1.82) is 0 Å². The fourth-order valence-electron chi connectivity index (χ4n) is 1.29. The summed E-state index contributed by atoms with van der Waals surface area (Å²) in [6.45, 7) is 5.49. The minimum Gasteiger partial charge on any atom is -0.478 e. The van der Waals surface area contributed by atoms with Gasteiger partial charge in [0, 0.05) is 0 Å². The SMILES string of the molecule is C[Si](C)(C)c1cc(F)cc(C(=O)O)c1F. The molecule has 0 aliphatic rings. The van der Waals surface area contributed by atoms with E-state index in [4.69, 9.17) is 5.11 Å². The zero-order valence-corrected chi connectivity index (χ0v) is 9.77. The van der Waals surface area contributed by atoms with Crippen molar-refractivity contribution >= 4 is 19.2 Å². The third kappa shape index (κ3) is 2.41. The lowest BCUT2D eigenvalue weighted by Gasteiger charge is -2.18. The van der Waals surface area contributed by atoms with E-state index in [0.717, 1.165) is 6.07 Å². The summed E-state index contributed by atoms with van der Waals surface area (Å²) in [5.74, 6) is -2.94. The van der Waals surface area contributed by atoms with Crippen LogP contribution in [0.4, 0.5) is 8.78 Å². The Balaban J connectivity index is 3.49. The molecule has 0 saturated carbocycles. The van der Waals surface area contributed by atoms with E-state index in [9.17, 15) is 13.6 Å². The molecule has 0 radical (unpaired) electrons. The van der Waals surface area contributed by atoms with Gasteiger partial charge in [0.15, 0.2) is 0 Å².